The lowest BCUT2D eigenvalue weighted by molar-refractivity contribution is 0.877. The van der Waals surface area contributed by atoms with Crippen LogP contribution in [0.1, 0.15) is 30.1 Å². The molecule has 134 valence electrons. The lowest BCUT2D eigenvalue weighted by atomic mass is 10.2. The number of aromatic nitrogens is 6. The van der Waals surface area contributed by atoms with Crippen molar-refractivity contribution in [3.63, 3.8) is 0 Å². The highest BCUT2D eigenvalue weighted by Crippen LogP contribution is 2.41. The summed E-state index contributed by atoms with van der Waals surface area (Å²) in [4.78, 5) is 8.92. The Balaban J connectivity index is 1.60. The Morgan fingerprint density at radius 3 is 2.78 bits per heavy atom. The van der Waals surface area contributed by atoms with Crippen molar-refractivity contribution in [3.05, 3.63) is 60.2 Å². The predicted octanol–water partition coefficient (Wildman–Crippen LogP) is 4.52. The van der Waals surface area contributed by atoms with Gasteiger partial charge >= 0.3 is 0 Å². The van der Waals surface area contributed by atoms with Gasteiger partial charge in [-0.05, 0) is 66.8 Å². The summed E-state index contributed by atoms with van der Waals surface area (Å²) >= 11 is 2.95. The van der Waals surface area contributed by atoms with E-state index in [2.05, 4.69) is 48.2 Å². The van der Waals surface area contributed by atoms with Gasteiger partial charge in [0.15, 0.2) is 10.2 Å². The molecule has 4 aromatic rings. The van der Waals surface area contributed by atoms with Crippen LogP contribution in [0.15, 0.2) is 58.3 Å². The van der Waals surface area contributed by atoms with E-state index in [4.69, 9.17) is 0 Å². The van der Waals surface area contributed by atoms with Gasteiger partial charge in [-0.3, -0.25) is 9.55 Å². The number of benzene rings is 1. The minimum absolute atomic E-state index is 0.552. The van der Waals surface area contributed by atoms with E-state index in [1.54, 1.807) is 6.20 Å². The molecule has 1 saturated carbocycles. The standard InChI is InChI=1S/C19H16N6S2/c1-12-5-2-3-7-15(12)25-17(14-6-4-10-20-11-14)22-23-18(25)26-19-21-16(24-27-19)13-8-9-13/h2-7,10-11,13H,8-9H2,1H3. The molecule has 3 aromatic heterocycles. The first-order valence-electron chi connectivity index (χ1n) is 8.73. The fourth-order valence-electron chi connectivity index (χ4n) is 2.90. The molecule has 0 saturated heterocycles. The third-order valence-electron chi connectivity index (χ3n) is 4.45. The van der Waals surface area contributed by atoms with Crippen molar-refractivity contribution in [3.8, 4) is 17.1 Å². The molecule has 6 nitrogen and oxygen atoms in total. The Labute approximate surface area is 164 Å². The first kappa shape index (κ1) is 16.6. The third kappa shape index (κ3) is 3.26. The molecule has 0 unspecified atom stereocenters. The van der Waals surface area contributed by atoms with E-state index in [1.165, 1.54) is 36.1 Å². The maximum Gasteiger partial charge on any atom is 0.203 e. The molecule has 5 rings (SSSR count). The maximum atomic E-state index is 4.68. The second kappa shape index (κ2) is 6.86. The topological polar surface area (TPSA) is 69.4 Å². The van der Waals surface area contributed by atoms with Gasteiger partial charge in [-0.25, -0.2) is 4.98 Å². The summed E-state index contributed by atoms with van der Waals surface area (Å²) in [5, 5.41) is 9.70. The van der Waals surface area contributed by atoms with Crippen LogP contribution in [-0.2, 0) is 0 Å². The Bertz CT molecular complexity index is 1080. The number of pyridine rings is 1. The molecular formula is C19H16N6S2. The molecule has 0 aliphatic heterocycles. The van der Waals surface area contributed by atoms with Crippen molar-refractivity contribution in [2.24, 2.45) is 0 Å². The molecule has 0 N–H and O–H groups in total. The summed E-state index contributed by atoms with van der Waals surface area (Å²) in [6.07, 6.45) is 5.97. The van der Waals surface area contributed by atoms with E-state index in [-0.39, 0.29) is 0 Å². The fourth-order valence-corrected chi connectivity index (χ4v) is 4.53. The van der Waals surface area contributed by atoms with Gasteiger partial charge in [-0.1, -0.05) is 18.2 Å². The summed E-state index contributed by atoms with van der Waals surface area (Å²) in [6.45, 7) is 2.09. The monoisotopic (exact) mass is 392 g/mol. The number of aryl methyl sites for hydroxylation is 1. The van der Waals surface area contributed by atoms with Crippen LogP contribution in [0, 0.1) is 6.92 Å². The molecule has 1 aliphatic rings. The lowest BCUT2D eigenvalue weighted by Gasteiger charge is -2.12. The highest BCUT2D eigenvalue weighted by Gasteiger charge is 2.28. The van der Waals surface area contributed by atoms with Crippen molar-refractivity contribution in [2.75, 3.05) is 0 Å². The number of hydrogen-bond donors (Lipinski definition) is 0. The molecule has 0 bridgehead atoms. The van der Waals surface area contributed by atoms with Gasteiger partial charge in [-0.15, -0.1) is 10.2 Å². The van der Waals surface area contributed by atoms with E-state index in [0.29, 0.717) is 5.92 Å². The molecule has 3 heterocycles. The van der Waals surface area contributed by atoms with Crippen LogP contribution in [0.5, 0.6) is 0 Å². The third-order valence-corrected chi connectivity index (χ3v) is 6.17. The Morgan fingerprint density at radius 1 is 1.11 bits per heavy atom. The molecular weight excluding hydrogens is 376 g/mol. The van der Waals surface area contributed by atoms with Gasteiger partial charge in [0.25, 0.3) is 0 Å². The summed E-state index contributed by atoms with van der Waals surface area (Å²) in [5.41, 5.74) is 3.13. The first-order valence-corrected chi connectivity index (χ1v) is 10.3. The first-order chi connectivity index (χ1) is 13.3. The van der Waals surface area contributed by atoms with Crippen LogP contribution in [0.25, 0.3) is 17.1 Å². The molecule has 0 radical (unpaired) electrons. The smallest absolute Gasteiger partial charge is 0.203 e. The van der Waals surface area contributed by atoms with E-state index >= 15 is 0 Å². The van der Waals surface area contributed by atoms with Crippen LogP contribution in [0.3, 0.4) is 0 Å². The van der Waals surface area contributed by atoms with Gasteiger partial charge < -0.3 is 0 Å². The highest BCUT2D eigenvalue weighted by molar-refractivity contribution is 8.00. The largest absolute Gasteiger partial charge is 0.269 e. The molecule has 0 spiro atoms. The van der Waals surface area contributed by atoms with Crippen molar-refractivity contribution in [1.82, 2.24) is 29.1 Å². The summed E-state index contributed by atoms with van der Waals surface area (Å²) in [5.74, 6) is 2.29. The highest BCUT2D eigenvalue weighted by atomic mass is 32.2. The van der Waals surface area contributed by atoms with Crippen LogP contribution < -0.4 is 0 Å². The Kier molecular flexibility index (Phi) is 4.21. The van der Waals surface area contributed by atoms with E-state index in [0.717, 1.165) is 38.0 Å². The van der Waals surface area contributed by atoms with Gasteiger partial charge in [0.1, 0.15) is 5.82 Å². The summed E-state index contributed by atoms with van der Waals surface area (Å²) < 4.78 is 7.48. The molecule has 1 aliphatic carbocycles. The number of hydrogen-bond acceptors (Lipinski definition) is 7. The van der Waals surface area contributed by atoms with Gasteiger partial charge in [0, 0.05) is 23.9 Å². The van der Waals surface area contributed by atoms with E-state index in [9.17, 15) is 0 Å². The van der Waals surface area contributed by atoms with E-state index < -0.39 is 0 Å². The number of para-hydroxylation sites is 1. The fraction of sp³-hybridized carbons (Fsp3) is 0.211. The predicted molar refractivity (Wildman–Crippen MR) is 105 cm³/mol. The zero-order valence-electron chi connectivity index (χ0n) is 14.6. The van der Waals surface area contributed by atoms with Crippen molar-refractivity contribution < 1.29 is 0 Å². The van der Waals surface area contributed by atoms with E-state index in [1.807, 2.05) is 30.5 Å². The Hall–Kier alpha value is -2.58. The zero-order valence-corrected chi connectivity index (χ0v) is 16.2. The van der Waals surface area contributed by atoms with Crippen molar-refractivity contribution >= 4 is 23.3 Å². The number of rotatable bonds is 5. The molecule has 8 heteroatoms. The van der Waals surface area contributed by atoms with Gasteiger partial charge in [0.05, 0.1) is 5.69 Å². The van der Waals surface area contributed by atoms with Crippen molar-refractivity contribution in [2.45, 2.75) is 35.2 Å². The second-order valence-corrected chi connectivity index (χ2v) is 8.43. The summed E-state index contributed by atoms with van der Waals surface area (Å²) in [7, 11) is 0. The lowest BCUT2D eigenvalue weighted by Crippen LogP contribution is -2.01. The quantitative estimate of drug-likeness (QED) is 0.497. The van der Waals surface area contributed by atoms with Gasteiger partial charge in [0.2, 0.25) is 5.16 Å². The normalized spacial score (nSPS) is 13.8. The average molecular weight is 393 g/mol. The second-order valence-electron chi connectivity index (χ2n) is 6.46. The SMILES string of the molecule is Cc1ccccc1-n1c(Sc2nc(C3CC3)ns2)nnc1-c1cccnc1. The van der Waals surface area contributed by atoms with Crippen LogP contribution in [0.2, 0.25) is 0 Å². The maximum absolute atomic E-state index is 4.68. The van der Waals surface area contributed by atoms with Crippen LogP contribution in [-0.4, -0.2) is 29.1 Å². The molecule has 1 fully saturated rings. The van der Waals surface area contributed by atoms with Crippen LogP contribution in [0.4, 0.5) is 0 Å². The van der Waals surface area contributed by atoms with Gasteiger partial charge in [-0.2, -0.15) is 4.37 Å². The minimum Gasteiger partial charge on any atom is -0.269 e. The molecule has 0 amide bonds. The molecule has 0 atom stereocenters. The number of nitrogens with zero attached hydrogens (tertiary/aromatic N) is 6. The molecule has 1 aromatic carbocycles. The Morgan fingerprint density at radius 2 is 2.00 bits per heavy atom. The summed E-state index contributed by atoms with van der Waals surface area (Å²) in [6, 6.07) is 12.1. The zero-order chi connectivity index (χ0) is 18.2. The van der Waals surface area contributed by atoms with Crippen LogP contribution >= 0.6 is 23.3 Å². The van der Waals surface area contributed by atoms with Crippen molar-refractivity contribution in [1.29, 1.82) is 0 Å². The minimum atomic E-state index is 0.552. The molecule has 27 heavy (non-hydrogen) atoms. The average Bonchev–Trinajstić information content (AvgIpc) is 3.31.